The van der Waals surface area contributed by atoms with E-state index in [1.807, 2.05) is 18.2 Å². The molecule has 0 aliphatic rings. The van der Waals surface area contributed by atoms with Crippen LogP contribution in [0.15, 0.2) is 18.2 Å². The predicted octanol–water partition coefficient (Wildman–Crippen LogP) is 4.12. The van der Waals surface area contributed by atoms with Crippen LogP contribution in [0.5, 0.6) is 0 Å². The number of aryl methyl sites for hydroxylation is 1. The maximum absolute atomic E-state index is 6.16. The van der Waals surface area contributed by atoms with Crippen LogP contribution in [0.1, 0.15) is 37.4 Å². The third kappa shape index (κ3) is 3.67. The number of nitrogens with two attached hydrogens (primary N) is 1. The lowest BCUT2D eigenvalue weighted by atomic mass is 9.91. The molecule has 86 valence electrons. The fourth-order valence-electron chi connectivity index (χ4n) is 1.57. The van der Waals surface area contributed by atoms with Crippen LogP contribution in [0.4, 0.5) is 0 Å². The molecular formula is C12H19Cl2N. The highest BCUT2D eigenvalue weighted by atomic mass is 35.5. The van der Waals surface area contributed by atoms with E-state index in [-0.39, 0.29) is 18.4 Å². The summed E-state index contributed by atoms with van der Waals surface area (Å²) in [5.41, 5.74) is 8.55. The summed E-state index contributed by atoms with van der Waals surface area (Å²) in [6.07, 6.45) is 1.10. The van der Waals surface area contributed by atoms with E-state index in [0.29, 0.717) is 5.92 Å². The first-order valence-corrected chi connectivity index (χ1v) is 5.45. The van der Waals surface area contributed by atoms with Crippen molar-refractivity contribution in [3.05, 3.63) is 34.3 Å². The second-order valence-electron chi connectivity index (χ2n) is 3.91. The molecule has 0 saturated heterocycles. The Balaban J connectivity index is 0.00000196. The maximum Gasteiger partial charge on any atom is 0.0408 e. The number of hydrogen-bond donors (Lipinski definition) is 1. The minimum atomic E-state index is 0. The Morgan fingerprint density at radius 3 is 2.47 bits per heavy atom. The highest BCUT2D eigenvalue weighted by molar-refractivity contribution is 6.30. The number of hydrogen-bond acceptors (Lipinski definition) is 1. The van der Waals surface area contributed by atoms with E-state index in [1.165, 1.54) is 11.1 Å². The van der Waals surface area contributed by atoms with E-state index >= 15 is 0 Å². The Morgan fingerprint density at radius 2 is 2.00 bits per heavy atom. The standard InChI is InChI=1S/C12H18ClN.ClH/c1-4-8(2)12(14)11-6-5-10(13)7-9(11)3;/h5-8,12H,4,14H2,1-3H3;1H/t8?,12-;/m1./s1. The lowest BCUT2D eigenvalue weighted by molar-refractivity contribution is 0.455. The molecule has 2 N–H and O–H groups in total. The van der Waals surface area contributed by atoms with Crippen molar-refractivity contribution in [2.45, 2.75) is 33.2 Å². The first-order chi connectivity index (χ1) is 6.56. The zero-order valence-corrected chi connectivity index (χ0v) is 11.0. The van der Waals surface area contributed by atoms with E-state index < -0.39 is 0 Å². The monoisotopic (exact) mass is 247 g/mol. The Morgan fingerprint density at radius 1 is 1.40 bits per heavy atom. The summed E-state index contributed by atoms with van der Waals surface area (Å²) in [7, 11) is 0. The third-order valence-corrected chi connectivity index (χ3v) is 3.08. The Bertz CT molecular complexity index is 312. The second-order valence-corrected chi connectivity index (χ2v) is 4.35. The summed E-state index contributed by atoms with van der Waals surface area (Å²) in [5.74, 6) is 0.509. The van der Waals surface area contributed by atoms with Crippen molar-refractivity contribution in [3.8, 4) is 0 Å². The van der Waals surface area contributed by atoms with Crippen LogP contribution in [-0.4, -0.2) is 0 Å². The summed E-state index contributed by atoms with van der Waals surface area (Å²) >= 11 is 5.89. The van der Waals surface area contributed by atoms with Crippen molar-refractivity contribution in [1.82, 2.24) is 0 Å². The molecule has 1 aromatic rings. The quantitative estimate of drug-likeness (QED) is 0.855. The summed E-state index contributed by atoms with van der Waals surface area (Å²) in [5, 5.41) is 0.780. The van der Waals surface area contributed by atoms with Gasteiger partial charge < -0.3 is 5.73 Å². The van der Waals surface area contributed by atoms with Crippen LogP contribution in [-0.2, 0) is 0 Å². The summed E-state index contributed by atoms with van der Waals surface area (Å²) in [6.45, 7) is 6.40. The van der Waals surface area contributed by atoms with Crippen LogP contribution in [0, 0.1) is 12.8 Å². The first-order valence-electron chi connectivity index (χ1n) is 5.08. The predicted molar refractivity (Wildman–Crippen MR) is 69.8 cm³/mol. The fourth-order valence-corrected chi connectivity index (χ4v) is 1.80. The van der Waals surface area contributed by atoms with Gasteiger partial charge in [-0.2, -0.15) is 0 Å². The topological polar surface area (TPSA) is 26.0 Å². The zero-order valence-electron chi connectivity index (χ0n) is 9.46. The van der Waals surface area contributed by atoms with Crippen molar-refractivity contribution in [2.75, 3.05) is 0 Å². The van der Waals surface area contributed by atoms with Gasteiger partial charge in [-0.15, -0.1) is 12.4 Å². The van der Waals surface area contributed by atoms with Gasteiger partial charge in [0.15, 0.2) is 0 Å². The average Bonchev–Trinajstić information content (AvgIpc) is 2.15. The van der Waals surface area contributed by atoms with Crippen molar-refractivity contribution in [1.29, 1.82) is 0 Å². The molecular weight excluding hydrogens is 229 g/mol. The van der Waals surface area contributed by atoms with Gasteiger partial charge in [0.1, 0.15) is 0 Å². The smallest absolute Gasteiger partial charge is 0.0408 e. The Kier molecular flexibility index (Phi) is 6.26. The minimum Gasteiger partial charge on any atom is -0.324 e. The molecule has 0 heterocycles. The molecule has 0 amide bonds. The summed E-state index contributed by atoms with van der Waals surface area (Å²) in [4.78, 5) is 0. The Labute approximate surface area is 103 Å². The SMILES string of the molecule is CCC(C)[C@@H](N)c1ccc(Cl)cc1C.Cl. The van der Waals surface area contributed by atoms with Crippen LogP contribution in [0.2, 0.25) is 5.02 Å². The van der Waals surface area contributed by atoms with E-state index in [9.17, 15) is 0 Å². The minimum absolute atomic E-state index is 0. The molecule has 2 atom stereocenters. The van der Waals surface area contributed by atoms with Crippen molar-refractivity contribution < 1.29 is 0 Å². The fraction of sp³-hybridized carbons (Fsp3) is 0.500. The molecule has 0 aliphatic carbocycles. The van der Waals surface area contributed by atoms with Gasteiger partial charge in [0, 0.05) is 11.1 Å². The van der Waals surface area contributed by atoms with Gasteiger partial charge in [0.2, 0.25) is 0 Å². The summed E-state index contributed by atoms with van der Waals surface area (Å²) < 4.78 is 0. The molecule has 1 nitrogen and oxygen atoms in total. The van der Waals surface area contributed by atoms with Gasteiger partial charge in [0.05, 0.1) is 0 Å². The zero-order chi connectivity index (χ0) is 10.7. The lowest BCUT2D eigenvalue weighted by Crippen LogP contribution is -2.19. The van der Waals surface area contributed by atoms with Crippen LogP contribution in [0.3, 0.4) is 0 Å². The normalized spacial score (nSPS) is 14.2. The van der Waals surface area contributed by atoms with Crippen LogP contribution < -0.4 is 5.73 Å². The van der Waals surface area contributed by atoms with E-state index in [1.54, 1.807) is 0 Å². The van der Waals surface area contributed by atoms with Gasteiger partial charge in [-0.3, -0.25) is 0 Å². The van der Waals surface area contributed by atoms with Gasteiger partial charge in [-0.25, -0.2) is 0 Å². The van der Waals surface area contributed by atoms with E-state index in [4.69, 9.17) is 17.3 Å². The molecule has 0 aromatic heterocycles. The number of benzene rings is 1. The van der Waals surface area contributed by atoms with Gasteiger partial charge in [-0.1, -0.05) is 37.9 Å². The molecule has 0 fully saturated rings. The number of halogens is 2. The van der Waals surface area contributed by atoms with Crippen LogP contribution in [0.25, 0.3) is 0 Å². The molecule has 0 radical (unpaired) electrons. The largest absolute Gasteiger partial charge is 0.324 e. The molecule has 3 heteroatoms. The molecule has 1 unspecified atom stereocenters. The molecule has 15 heavy (non-hydrogen) atoms. The lowest BCUT2D eigenvalue weighted by Gasteiger charge is -2.20. The highest BCUT2D eigenvalue weighted by Gasteiger charge is 2.14. The molecule has 1 aromatic carbocycles. The average molecular weight is 248 g/mol. The van der Waals surface area contributed by atoms with E-state index in [0.717, 1.165) is 11.4 Å². The third-order valence-electron chi connectivity index (χ3n) is 2.85. The van der Waals surface area contributed by atoms with Gasteiger partial charge in [-0.05, 0) is 36.1 Å². The van der Waals surface area contributed by atoms with Crippen LogP contribution >= 0.6 is 24.0 Å². The molecule has 0 spiro atoms. The van der Waals surface area contributed by atoms with Crippen molar-refractivity contribution in [3.63, 3.8) is 0 Å². The second kappa shape index (κ2) is 6.37. The van der Waals surface area contributed by atoms with E-state index in [2.05, 4.69) is 20.8 Å². The number of rotatable bonds is 3. The van der Waals surface area contributed by atoms with Gasteiger partial charge >= 0.3 is 0 Å². The van der Waals surface area contributed by atoms with Crippen molar-refractivity contribution in [2.24, 2.45) is 11.7 Å². The van der Waals surface area contributed by atoms with Crippen molar-refractivity contribution >= 4 is 24.0 Å². The molecule has 1 rings (SSSR count). The molecule has 0 saturated carbocycles. The first kappa shape index (κ1) is 14.8. The van der Waals surface area contributed by atoms with Gasteiger partial charge in [0.25, 0.3) is 0 Å². The maximum atomic E-state index is 6.16. The molecule has 0 aliphatic heterocycles. The highest BCUT2D eigenvalue weighted by Crippen LogP contribution is 2.26. The molecule has 0 bridgehead atoms. The Hall–Kier alpha value is -0.240. The summed E-state index contributed by atoms with van der Waals surface area (Å²) in [6, 6.07) is 6.04.